The molecule has 0 bridgehead atoms. The van der Waals surface area contributed by atoms with E-state index in [0.29, 0.717) is 34.9 Å². The smallest absolute Gasteiger partial charge is 0.166 e. The molecule has 0 saturated carbocycles. The van der Waals surface area contributed by atoms with Gasteiger partial charge >= 0.3 is 0 Å². The Morgan fingerprint density at radius 1 is 0.261 bits per heavy atom. The minimum absolute atomic E-state index is 0.514. The molecule has 0 atom stereocenters. The van der Waals surface area contributed by atoms with Crippen molar-refractivity contribution in [3.63, 3.8) is 0 Å². The highest BCUT2D eigenvalue weighted by molar-refractivity contribution is 6.12. The van der Waals surface area contributed by atoms with E-state index in [0.717, 1.165) is 72.0 Å². The molecule has 0 aliphatic carbocycles. The molecule has 0 amide bonds. The van der Waals surface area contributed by atoms with Crippen LogP contribution < -0.4 is 0 Å². The van der Waals surface area contributed by atoms with Crippen LogP contribution in [0.15, 0.2) is 224 Å². The topological polar surface area (TPSA) is 82.3 Å². The maximum absolute atomic E-state index is 5.36. The molecule has 7 heteroatoms. The monoisotopic (exact) mass is 885 g/mol. The molecule has 9 aromatic carbocycles. The summed E-state index contributed by atoms with van der Waals surface area (Å²) in [5.74, 6) is 3.34. The fourth-order valence-corrected chi connectivity index (χ4v) is 9.32. The first-order valence-electron chi connectivity index (χ1n) is 23.1. The Bertz CT molecular complexity index is 3630. The van der Waals surface area contributed by atoms with Crippen LogP contribution >= 0.6 is 0 Å². The third-order valence-electron chi connectivity index (χ3n) is 12.8. The zero-order chi connectivity index (χ0) is 46.3. The van der Waals surface area contributed by atoms with Crippen molar-refractivity contribution in [2.24, 2.45) is 0 Å². The number of hydrogen-bond donors (Lipinski definition) is 0. The highest BCUT2D eigenvalue weighted by Crippen LogP contribution is 2.41. The Hall–Kier alpha value is -9.20. The largest absolute Gasteiger partial charge is 0.308 e. The van der Waals surface area contributed by atoms with Crippen molar-refractivity contribution in [2.45, 2.75) is 13.8 Å². The van der Waals surface area contributed by atoms with Crippen LogP contribution in [0.4, 0.5) is 0 Å². The van der Waals surface area contributed by atoms with Gasteiger partial charge < -0.3 is 4.57 Å². The molecule has 0 saturated heterocycles. The first kappa shape index (κ1) is 41.2. The van der Waals surface area contributed by atoms with Gasteiger partial charge in [-0.15, -0.1) is 0 Å². The van der Waals surface area contributed by atoms with Gasteiger partial charge in [-0.2, -0.15) is 0 Å². The maximum Gasteiger partial charge on any atom is 0.166 e. The fourth-order valence-electron chi connectivity index (χ4n) is 9.32. The summed E-state index contributed by atoms with van der Waals surface area (Å²) in [5.41, 5.74) is 15.2. The summed E-state index contributed by atoms with van der Waals surface area (Å²) in [6, 6.07) is 77.6. The van der Waals surface area contributed by atoms with E-state index in [2.05, 4.69) is 122 Å². The summed E-state index contributed by atoms with van der Waals surface area (Å²) in [4.78, 5) is 31.2. The molecule has 3 heterocycles. The van der Waals surface area contributed by atoms with Gasteiger partial charge in [-0.25, -0.2) is 29.9 Å². The normalized spacial score (nSPS) is 11.3. The minimum Gasteiger partial charge on any atom is -0.308 e. The maximum atomic E-state index is 5.36. The first-order valence-corrected chi connectivity index (χ1v) is 23.1. The molecule has 12 rings (SSSR count). The van der Waals surface area contributed by atoms with E-state index < -0.39 is 0 Å². The zero-order valence-corrected chi connectivity index (χ0v) is 38.0. The molecule has 0 aliphatic heterocycles. The van der Waals surface area contributed by atoms with E-state index in [-0.39, 0.29) is 0 Å². The molecular weight excluding hydrogens is 843 g/mol. The van der Waals surface area contributed by atoms with Crippen LogP contribution in [0.25, 0.3) is 118 Å². The molecule has 3 aromatic heterocycles. The number of aromatic nitrogens is 7. The van der Waals surface area contributed by atoms with E-state index in [4.69, 9.17) is 29.9 Å². The number of rotatable bonds is 9. The van der Waals surface area contributed by atoms with Crippen molar-refractivity contribution in [2.75, 3.05) is 0 Å². The van der Waals surface area contributed by atoms with Crippen LogP contribution in [0.3, 0.4) is 0 Å². The van der Waals surface area contributed by atoms with Gasteiger partial charge in [0.25, 0.3) is 0 Å². The van der Waals surface area contributed by atoms with Crippen LogP contribution in [0.1, 0.15) is 11.1 Å². The lowest BCUT2D eigenvalue weighted by atomic mass is 9.98. The number of aryl methyl sites for hydroxylation is 2. The van der Waals surface area contributed by atoms with Gasteiger partial charge in [0.05, 0.1) is 16.7 Å². The van der Waals surface area contributed by atoms with E-state index >= 15 is 0 Å². The Kier molecular flexibility index (Phi) is 10.5. The van der Waals surface area contributed by atoms with Crippen LogP contribution in [-0.4, -0.2) is 34.5 Å². The quantitative estimate of drug-likeness (QED) is 0.144. The molecule has 0 radical (unpaired) electrons. The highest BCUT2D eigenvalue weighted by atomic mass is 15.1. The summed E-state index contributed by atoms with van der Waals surface area (Å²) in [5, 5.41) is 2.27. The second-order valence-electron chi connectivity index (χ2n) is 17.2. The second-order valence-corrected chi connectivity index (χ2v) is 17.2. The van der Waals surface area contributed by atoms with E-state index in [1.807, 2.05) is 121 Å². The Balaban J connectivity index is 1.18. The molecule has 0 N–H and O–H groups in total. The summed E-state index contributed by atoms with van der Waals surface area (Å²) < 4.78 is 2.39. The lowest BCUT2D eigenvalue weighted by Crippen LogP contribution is -2.05. The van der Waals surface area contributed by atoms with Crippen molar-refractivity contribution in [3.05, 3.63) is 236 Å². The first-order chi connectivity index (χ1) is 34.0. The lowest BCUT2D eigenvalue weighted by Gasteiger charge is -2.17. The van der Waals surface area contributed by atoms with Gasteiger partial charge in [0.2, 0.25) is 0 Å². The summed E-state index contributed by atoms with van der Waals surface area (Å²) >= 11 is 0. The van der Waals surface area contributed by atoms with Gasteiger partial charge in [-0.1, -0.05) is 194 Å². The van der Waals surface area contributed by atoms with Crippen molar-refractivity contribution in [1.82, 2.24) is 34.5 Å². The molecule has 0 unspecified atom stereocenters. The summed E-state index contributed by atoms with van der Waals surface area (Å²) in [7, 11) is 0. The van der Waals surface area contributed by atoms with Gasteiger partial charge in [-0.3, -0.25) is 0 Å². The zero-order valence-electron chi connectivity index (χ0n) is 38.0. The van der Waals surface area contributed by atoms with E-state index in [9.17, 15) is 0 Å². The minimum atomic E-state index is 0.514. The van der Waals surface area contributed by atoms with Gasteiger partial charge in [-0.05, 0) is 77.6 Å². The van der Waals surface area contributed by atoms with E-state index in [1.54, 1.807) is 0 Å². The van der Waals surface area contributed by atoms with Crippen LogP contribution in [-0.2, 0) is 0 Å². The van der Waals surface area contributed by atoms with Crippen molar-refractivity contribution in [3.8, 4) is 96.3 Å². The molecule has 0 fully saturated rings. The number of benzene rings is 9. The standard InChI is InChI=1S/C62H43N7/c1-40-19-15-17-29-49(40)46-31-34-51-52-35-32-47(50-30-18-16-20-41(50)2)39-56(52)69(55(51)38-46)54-36-33-48(61-65-57(42-21-7-3-8-22-42)63-58(66-61)43-23-9-4-10-24-43)37-53(54)62-67-59(44-25-11-5-12-26-44)64-60(68-62)45-27-13-6-14-28-45/h3-39H,1-2H3. The third kappa shape index (κ3) is 7.82. The molecule has 0 spiro atoms. The van der Waals surface area contributed by atoms with Gasteiger partial charge in [0, 0.05) is 44.2 Å². The predicted molar refractivity (Wildman–Crippen MR) is 281 cm³/mol. The molecule has 0 aliphatic rings. The van der Waals surface area contributed by atoms with Crippen molar-refractivity contribution in [1.29, 1.82) is 0 Å². The van der Waals surface area contributed by atoms with Crippen LogP contribution in [0, 0.1) is 13.8 Å². The third-order valence-corrected chi connectivity index (χ3v) is 12.8. The predicted octanol–water partition coefficient (Wildman–Crippen LogP) is 15.1. The Morgan fingerprint density at radius 2 is 0.594 bits per heavy atom. The molecular formula is C62H43N7. The lowest BCUT2D eigenvalue weighted by molar-refractivity contribution is 1.06. The fraction of sp³-hybridized carbons (Fsp3) is 0.0323. The Labute approximate surface area is 400 Å². The van der Waals surface area contributed by atoms with Crippen LogP contribution in [0.2, 0.25) is 0 Å². The van der Waals surface area contributed by atoms with Gasteiger partial charge in [0.1, 0.15) is 0 Å². The average molecular weight is 886 g/mol. The highest BCUT2D eigenvalue weighted by Gasteiger charge is 2.23. The molecule has 69 heavy (non-hydrogen) atoms. The number of nitrogens with zero attached hydrogens (tertiary/aromatic N) is 7. The molecule has 12 aromatic rings. The van der Waals surface area contributed by atoms with Crippen molar-refractivity contribution < 1.29 is 0 Å². The number of fused-ring (bicyclic) bond motifs is 3. The SMILES string of the molecule is Cc1ccccc1-c1ccc2c3ccc(-c4ccccc4C)cc3n(-c3ccc(-c4nc(-c5ccccc5)nc(-c5ccccc5)n4)cc3-c3nc(-c4ccccc4)nc(-c4ccccc4)n3)c2c1. The average Bonchev–Trinajstić information content (AvgIpc) is 3.74. The Morgan fingerprint density at radius 3 is 0.986 bits per heavy atom. The molecule has 7 nitrogen and oxygen atoms in total. The van der Waals surface area contributed by atoms with E-state index in [1.165, 1.54) is 22.3 Å². The van der Waals surface area contributed by atoms with Crippen molar-refractivity contribution >= 4 is 21.8 Å². The second kappa shape index (κ2) is 17.5. The van der Waals surface area contributed by atoms with Gasteiger partial charge in [0.15, 0.2) is 34.9 Å². The summed E-state index contributed by atoms with van der Waals surface area (Å²) in [6.07, 6.45) is 0. The molecule has 326 valence electrons. The summed E-state index contributed by atoms with van der Waals surface area (Å²) in [6.45, 7) is 4.34. The number of hydrogen-bond acceptors (Lipinski definition) is 6. The van der Waals surface area contributed by atoms with Crippen LogP contribution in [0.5, 0.6) is 0 Å².